The number of carbonyl (C=O) groups is 2. The Hall–Kier alpha value is -2.94. The van der Waals surface area contributed by atoms with E-state index in [2.05, 4.69) is 10.6 Å². The van der Waals surface area contributed by atoms with Gasteiger partial charge in [-0.1, -0.05) is 37.6 Å². The predicted molar refractivity (Wildman–Crippen MR) is 115 cm³/mol. The number of halogens is 1. The standard InChI is InChI=1S/C21H26FN3O4S/c1-4-5-14-23-21(27)16-10-6-8-12-18(16)24-20(26)15(2)25(30(3,28)29)19-13-9-7-11-17(19)22/h6-13,15H,4-5,14H2,1-3H3,(H,23,27)(H,24,26). The van der Waals surface area contributed by atoms with E-state index in [9.17, 15) is 22.4 Å². The number of nitrogens with one attached hydrogen (secondary N) is 2. The Morgan fingerprint density at radius 1 is 1.10 bits per heavy atom. The van der Waals surface area contributed by atoms with E-state index < -0.39 is 27.8 Å². The molecule has 2 aromatic rings. The van der Waals surface area contributed by atoms with Crippen LogP contribution in [0.3, 0.4) is 0 Å². The smallest absolute Gasteiger partial charge is 0.253 e. The van der Waals surface area contributed by atoms with E-state index in [0.717, 1.165) is 29.5 Å². The number of rotatable bonds is 9. The normalized spacial score (nSPS) is 12.1. The molecule has 30 heavy (non-hydrogen) atoms. The second-order valence-electron chi connectivity index (χ2n) is 6.83. The molecule has 2 N–H and O–H groups in total. The molecule has 7 nitrogen and oxygen atoms in total. The molecule has 0 aliphatic carbocycles. The summed E-state index contributed by atoms with van der Waals surface area (Å²) in [5.74, 6) is -1.81. The Balaban J connectivity index is 2.28. The molecule has 0 bridgehead atoms. The van der Waals surface area contributed by atoms with Gasteiger partial charge in [0, 0.05) is 6.54 Å². The Labute approximate surface area is 176 Å². The van der Waals surface area contributed by atoms with Crippen molar-refractivity contribution < 1.29 is 22.4 Å². The molecule has 1 unspecified atom stereocenters. The Bertz CT molecular complexity index is 1010. The molecule has 2 amide bonds. The van der Waals surface area contributed by atoms with Crippen LogP contribution in [0.25, 0.3) is 0 Å². The van der Waals surface area contributed by atoms with Crippen LogP contribution in [0.2, 0.25) is 0 Å². The van der Waals surface area contributed by atoms with Crippen LogP contribution < -0.4 is 14.9 Å². The maximum absolute atomic E-state index is 14.2. The van der Waals surface area contributed by atoms with Crippen molar-refractivity contribution in [3.63, 3.8) is 0 Å². The van der Waals surface area contributed by atoms with Gasteiger partial charge in [0.25, 0.3) is 5.91 Å². The first-order chi connectivity index (χ1) is 14.2. The third-order valence-corrected chi connectivity index (χ3v) is 5.65. The number of unbranched alkanes of at least 4 members (excludes halogenated alkanes) is 1. The zero-order valence-corrected chi connectivity index (χ0v) is 18.0. The molecule has 0 aromatic heterocycles. The van der Waals surface area contributed by atoms with Crippen LogP contribution in [-0.4, -0.2) is 39.1 Å². The van der Waals surface area contributed by atoms with Crippen LogP contribution in [0.15, 0.2) is 48.5 Å². The molecule has 0 aliphatic rings. The third-order valence-electron chi connectivity index (χ3n) is 4.42. The van der Waals surface area contributed by atoms with Gasteiger partial charge in [-0.25, -0.2) is 12.8 Å². The zero-order valence-electron chi connectivity index (χ0n) is 17.2. The van der Waals surface area contributed by atoms with Crippen molar-refractivity contribution in [1.82, 2.24) is 5.32 Å². The molecule has 0 saturated heterocycles. The lowest BCUT2D eigenvalue weighted by molar-refractivity contribution is -0.116. The van der Waals surface area contributed by atoms with Gasteiger partial charge in [0.05, 0.1) is 23.2 Å². The second-order valence-corrected chi connectivity index (χ2v) is 8.69. The fraction of sp³-hybridized carbons (Fsp3) is 0.333. The first-order valence-corrected chi connectivity index (χ1v) is 11.4. The first-order valence-electron chi connectivity index (χ1n) is 9.58. The van der Waals surface area contributed by atoms with Gasteiger partial charge in [0.15, 0.2) is 0 Å². The van der Waals surface area contributed by atoms with Crippen LogP contribution in [0.1, 0.15) is 37.0 Å². The lowest BCUT2D eigenvalue weighted by Gasteiger charge is -2.28. The fourth-order valence-electron chi connectivity index (χ4n) is 2.91. The van der Waals surface area contributed by atoms with Gasteiger partial charge < -0.3 is 10.6 Å². The molecule has 2 rings (SSSR count). The van der Waals surface area contributed by atoms with Crippen molar-refractivity contribution in [1.29, 1.82) is 0 Å². The summed E-state index contributed by atoms with van der Waals surface area (Å²) in [6.45, 7) is 3.86. The number of carbonyl (C=O) groups excluding carboxylic acids is 2. The van der Waals surface area contributed by atoms with Gasteiger partial charge in [-0.2, -0.15) is 0 Å². The molecular formula is C21H26FN3O4S. The van der Waals surface area contributed by atoms with Crippen molar-refractivity contribution in [2.45, 2.75) is 32.7 Å². The Kier molecular flexibility index (Phi) is 7.93. The number of anilines is 2. The summed E-state index contributed by atoms with van der Waals surface area (Å²) in [6.07, 6.45) is 2.65. The van der Waals surface area contributed by atoms with Crippen LogP contribution in [0, 0.1) is 5.82 Å². The van der Waals surface area contributed by atoms with Crippen LogP contribution in [0.5, 0.6) is 0 Å². The van der Waals surface area contributed by atoms with Gasteiger partial charge in [-0.15, -0.1) is 0 Å². The molecule has 0 radical (unpaired) electrons. The van der Waals surface area contributed by atoms with E-state index in [0.29, 0.717) is 6.54 Å². The van der Waals surface area contributed by atoms with E-state index in [4.69, 9.17) is 0 Å². The maximum Gasteiger partial charge on any atom is 0.253 e. The van der Waals surface area contributed by atoms with Gasteiger partial charge in [0.2, 0.25) is 15.9 Å². The Morgan fingerprint density at radius 3 is 2.37 bits per heavy atom. The molecule has 2 aromatic carbocycles. The number of amides is 2. The summed E-state index contributed by atoms with van der Waals surface area (Å²) < 4.78 is 39.6. The first kappa shape index (κ1) is 23.3. The topological polar surface area (TPSA) is 95.6 Å². The summed E-state index contributed by atoms with van der Waals surface area (Å²) in [7, 11) is -3.97. The minimum Gasteiger partial charge on any atom is -0.352 e. The molecule has 162 valence electrons. The predicted octanol–water partition coefficient (Wildman–Crippen LogP) is 3.15. The molecule has 1 atom stereocenters. The number of benzene rings is 2. The summed E-state index contributed by atoms with van der Waals surface area (Å²) in [4.78, 5) is 25.3. The van der Waals surface area contributed by atoms with Crippen LogP contribution >= 0.6 is 0 Å². The Morgan fingerprint density at radius 2 is 1.73 bits per heavy atom. The minimum absolute atomic E-state index is 0.228. The highest BCUT2D eigenvalue weighted by Crippen LogP contribution is 2.25. The molecular weight excluding hydrogens is 409 g/mol. The van der Waals surface area contributed by atoms with E-state index in [1.54, 1.807) is 24.3 Å². The fourth-order valence-corrected chi connectivity index (χ4v) is 4.09. The summed E-state index contributed by atoms with van der Waals surface area (Å²) in [5.41, 5.74) is 0.268. The average molecular weight is 436 g/mol. The van der Waals surface area contributed by atoms with Gasteiger partial charge in [-0.05, 0) is 37.6 Å². The molecule has 0 spiro atoms. The van der Waals surface area contributed by atoms with Crippen molar-refractivity contribution >= 4 is 33.2 Å². The SMILES string of the molecule is CCCCNC(=O)c1ccccc1NC(=O)C(C)N(c1ccccc1F)S(C)(=O)=O. The number of nitrogens with zero attached hydrogens (tertiary/aromatic N) is 1. The molecule has 0 saturated carbocycles. The third kappa shape index (κ3) is 5.79. The molecule has 0 aliphatic heterocycles. The largest absolute Gasteiger partial charge is 0.352 e. The van der Waals surface area contributed by atoms with Crippen molar-refractivity contribution in [3.05, 3.63) is 59.9 Å². The average Bonchev–Trinajstić information content (AvgIpc) is 2.69. The van der Waals surface area contributed by atoms with Crippen LogP contribution in [-0.2, 0) is 14.8 Å². The van der Waals surface area contributed by atoms with Gasteiger partial charge >= 0.3 is 0 Å². The highest BCUT2D eigenvalue weighted by atomic mass is 32.2. The van der Waals surface area contributed by atoms with E-state index in [-0.39, 0.29) is 22.8 Å². The highest BCUT2D eigenvalue weighted by Gasteiger charge is 2.31. The summed E-state index contributed by atoms with van der Waals surface area (Å²) >= 11 is 0. The second kappa shape index (κ2) is 10.2. The van der Waals surface area contributed by atoms with E-state index in [1.165, 1.54) is 25.1 Å². The number of sulfonamides is 1. The molecule has 0 heterocycles. The number of hydrogen-bond acceptors (Lipinski definition) is 4. The number of hydrogen-bond donors (Lipinski definition) is 2. The maximum atomic E-state index is 14.2. The molecule has 9 heteroatoms. The summed E-state index contributed by atoms with van der Waals surface area (Å²) in [5, 5.41) is 5.37. The van der Waals surface area contributed by atoms with Crippen molar-refractivity contribution in [2.75, 3.05) is 22.4 Å². The van der Waals surface area contributed by atoms with E-state index in [1.807, 2.05) is 6.92 Å². The molecule has 0 fully saturated rings. The quantitative estimate of drug-likeness (QED) is 0.592. The minimum atomic E-state index is -3.97. The van der Waals surface area contributed by atoms with Gasteiger partial charge in [0.1, 0.15) is 11.9 Å². The van der Waals surface area contributed by atoms with E-state index >= 15 is 0 Å². The lowest BCUT2D eigenvalue weighted by atomic mass is 10.1. The van der Waals surface area contributed by atoms with Crippen molar-refractivity contribution in [3.8, 4) is 0 Å². The highest BCUT2D eigenvalue weighted by molar-refractivity contribution is 7.92. The monoisotopic (exact) mass is 435 g/mol. The summed E-state index contributed by atoms with van der Waals surface area (Å²) in [6, 6.07) is 10.5. The van der Waals surface area contributed by atoms with Gasteiger partial charge in [-0.3, -0.25) is 13.9 Å². The van der Waals surface area contributed by atoms with Crippen molar-refractivity contribution in [2.24, 2.45) is 0 Å². The zero-order chi connectivity index (χ0) is 22.3. The van der Waals surface area contributed by atoms with Crippen LogP contribution in [0.4, 0.5) is 15.8 Å². The number of para-hydroxylation sites is 2. The lowest BCUT2D eigenvalue weighted by Crippen LogP contribution is -2.46.